The third kappa shape index (κ3) is 17.8. The monoisotopic (exact) mass is 547 g/mol. The van der Waals surface area contributed by atoms with Crippen molar-refractivity contribution in [1.82, 2.24) is 40.4 Å². The Hall–Kier alpha value is -3.25. The normalized spacial score (nSPS) is 12.9. The average Bonchev–Trinajstić information content (AvgIpc) is 3.43. The highest BCUT2D eigenvalue weighted by Gasteiger charge is 2.18. The molecule has 13 nitrogen and oxygen atoms in total. The minimum atomic E-state index is 0. The van der Waals surface area contributed by atoms with Crippen LogP contribution in [0.15, 0.2) is 15.2 Å². The molecule has 0 bridgehead atoms. The second kappa shape index (κ2) is 15.4. The molecule has 0 unspecified atom stereocenters. The largest absolute Gasteiger partial charge is 0.298 e. The van der Waals surface area contributed by atoms with Gasteiger partial charge in [-0.05, 0) is 45.7 Å². The predicted molar refractivity (Wildman–Crippen MR) is 151 cm³/mol. The van der Waals surface area contributed by atoms with Gasteiger partial charge in [0.25, 0.3) is 0 Å². The van der Waals surface area contributed by atoms with Gasteiger partial charge < -0.3 is 0 Å². The number of tetrazole rings is 2. The lowest BCUT2D eigenvalue weighted by Gasteiger charge is -2.16. The molecule has 220 valence electrons. The Labute approximate surface area is 233 Å². The van der Waals surface area contributed by atoms with Crippen molar-refractivity contribution in [1.29, 1.82) is 0 Å². The summed E-state index contributed by atoms with van der Waals surface area (Å²) in [4.78, 5) is 27.1. The Morgan fingerprint density at radius 2 is 1.33 bits per heavy atom. The number of hydrogen-bond acceptors (Lipinski definition) is 11. The number of rotatable bonds is 7. The summed E-state index contributed by atoms with van der Waals surface area (Å²) in [6.45, 7) is 23.2. The summed E-state index contributed by atoms with van der Waals surface area (Å²) in [6, 6.07) is 0. The van der Waals surface area contributed by atoms with Crippen molar-refractivity contribution in [2.24, 2.45) is 31.5 Å². The van der Waals surface area contributed by atoms with Crippen LogP contribution in [-0.2, 0) is 35.5 Å². The fourth-order valence-electron chi connectivity index (χ4n) is 3.07. The molecule has 0 saturated heterocycles. The van der Waals surface area contributed by atoms with E-state index in [4.69, 9.17) is 0 Å². The van der Waals surface area contributed by atoms with E-state index in [0.717, 1.165) is 30.9 Å². The van der Waals surface area contributed by atoms with E-state index in [-0.39, 0.29) is 48.3 Å². The second-order valence-electron chi connectivity index (χ2n) is 13.1. The summed E-state index contributed by atoms with van der Waals surface area (Å²) >= 11 is 0. The fourth-order valence-corrected chi connectivity index (χ4v) is 3.07. The highest BCUT2D eigenvalue weighted by molar-refractivity contribution is 5.83. The van der Waals surface area contributed by atoms with Crippen LogP contribution >= 0.6 is 0 Å². The maximum Gasteiger partial charge on any atom is 0.175 e. The molecule has 0 aliphatic carbocycles. The van der Waals surface area contributed by atoms with Gasteiger partial charge in [-0.1, -0.05) is 69.7 Å². The zero-order chi connectivity index (χ0) is 29.1. The van der Waals surface area contributed by atoms with E-state index >= 15 is 0 Å². The van der Waals surface area contributed by atoms with Crippen LogP contribution in [0.25, 0.3) is 0 Å². The third-order valence-corrected chi connectivity index (χ3v) is 4.40. The molecule has 0 atom stereocenters. The van der Waals surface area contributed by atoms with Crippen LogP contribution in [0.4, 0.5) is 0 Å². The molecule has 0 amide bonds. The number of aliphatic imine (C=N–C) groups is 1. The molecule has 0 saturated carbocycles. The Bertz CT molecular complexity index is 1090. The summed E-state index contributed by atoms with van der Waals surface area (Å²) in [5, 5.41) is 30.7. The van der Waals surface area contributed by atoms with Gasteiger partial charge in [-0.2, -0.15) is 9.91 Å². The van der Waals surface area contributed by atoms with Crippen LogP contribution in [0.3, 0.4) is 0 Å². The van der Waals surface area contributed by atoms with E-state index in [0.29, 0.717) is 12.5 Å². The Balaban J connectivity index is 0.000000557. The van der Waals surface area contributed by atoms with Crippen molar-refractivity contribution in [2.75, 3.05) is 6.67 Å². The Morgan fingerprint density at radius 3 is 1.79 bits per heavy atom. The maximum atomic E-state index is 10.9. The number of carbonyl (C=O) groups is 2. The smallest absolute Gasteiger partial charge is 0.175 e. The molecule has 0 spiro atoms. The van der Waals surface area contributed by atoms with Crippen molar-refractivity contribution in [3.05, 3.63) is 11.6 Å². The van der Waals surface area contributed by atoms with Crippen molar-refractivity contribution < 1.29 is 9.59 Å². The quantitative estimate of drug-likeness (QED) is 0.487. The second-order valence-corrected chi connectivity index (χ2v) is 13.1. The van der Waals surface area contributed by atoms with E-state index in [1.54, 1.807) is 4.68 Å². The first-order chi connectivity index (χ1) is 17.3. The van der Waals surface area contributed by atoms with Crippen molar-refractivity contribution in [3.8, 4) is 0 Å². The van der Waals surface area contributed by atoms with Gasteiger partial charge in [-0.25, -0.2) is 9.67 Å². The molecular weight excluding hydrogens is 498 g/mol. The minimum absolute atomic E-state index is 0. The number of hydrogen-bond donors (Lipinski definition) is 0. The molecule has 13 heteroatoms. The first kappa shape index (κ1) is 35.8. The number of Topliss-reactive ketones (excluding diaryl/α,β-unsaturated/α-hetero) is 2. The molecule has 2 aromatic heterocycles. The molecule has 0 aromatic carbocycles. The number of nitrogens with zero attached hydrogens (tertiary/aromatic N) is 11. The van der Waals surface area contributed by atoms with Crippen LogP contribution in [0.5, 0.6) is 0 Å². The lowest BCUT2D eigenvalue weighted by Crippen LogP contribution is -2.17. The van der Waals surface area contributed by atoms with Gasteiger partial charge in [0.2, 0.25) is 0 Å². The van der Waals surface area contributed by atoms with E-state index in [2.05, 4.69) is 108 Å². The van der Waals surface area contributed by atoms with Crippen molar-refractivity contribution >= 4 is 17.4 Å². The molecule has 1 aliphatic rings. The van der Waals surface area contributed by atoms with Crippen molar-refractivity contribution in [2.45, 2.75) is 116 Å². The molecular formula is C26H49N11O2. The SMILES string of the molecule is C.CC(=O)Cn1nnc(CC(C)(C)C)n1.CC(=O)Cn1nnnc1CC(C)(C)C.CC(C)(C)CC1=NCN=N1. The number of aromatic nitrogens is 8. The Morgan fingerprint density at radius 1 is 0.769 bits per heavy atom. The summed E-state index contributed by atoms with van der Waals surface area (Å²) in [5.74, 6) is 2.45. The summed E-state index contributed by atoms with van der Waals surface area (Å²) in [6.07, 6.45) is 2.47. The number of carbonyl (C=O) groups excluding carboxylic acids is 2. The molecule has 3 rings (SSSR count). The van der Waals surface area contributed by atoms with Crippen LogP contribution in [-0.4, -0.2) is 64.5 Å². The molecule has 1 aliphatic heterocycles. The number of amidine groups is 1. The first-order valence-corrected chi connectivity index (χ1v) is 12.7. The lowest BCUT2D eigenvalue weighted by molar-refractivity contribution is -0.118. The highest BCUT2D eigenvalue weighted by Crippen LogP contribution is 2.21. The van der Waals surface area contributed by atoms with Gasteiger partial charge in [-0.15, -0.1) is 20.4 Å². The van der Waals surface area contributed by atoms with Gasteiger partial charge in [-0.3, -0.25) is 9.59 Å². The van der Waals surface area contributed by atoms with E-state index in [9.17, 15) is 9.59 Å². The average molecular weight is 548 g/mol. The van der Waals surface area contributed by atoms with Crippen LogP contribution in [0.2, 0.25) is 0 Å². The standard InChI is InChI=1S/2C9H16N4O.C7H13N3.CH4/c1-7(14)6-13-8(10-11-12-13)5-9(2,3)4;1-7(14)6-13-11-8(10-12-13)5-9(2,3)4;1-7(2,3)4-6-8-5-9-10-6;/h2*5-6H2,1-4H3;4-5H2,1-3H3;1H4. The van der Waals surface area contributed by atoms with E-state index < -0.39 is 0 Å². The summed E-state index contributed by atoms with van der Waals surface area (Å²) < 4.78 is 1.56. The highest BCUT2D eigenvalue weighted by atomic mass is 16.1. The molecule has 0 fully saturated rings. The van der Waals surface area contributed by atoms with Crippen molar-refractivity contribution in [3.63, 3.8) is 0 Å². The van der Waals surface area contributed by atoms with Gasteiger partial charge >= 0.3 is 0 Å². The lowest BCUT2D eigenvalue weighted by atomic mass is 9.92. The zero-order valence-corrected chi connectivity index (χ0v) is 25.0. The van der Waals surface area contributed by atoms with Crippen LogP contribution < -0.4 is 0 Å². The summed E-state index contributed by atoms with van der Waals surface area (Å²) in [7, 11) is 0. The topological polar surface area (TPSA) is 158 Å². The molecule has 2 aromatic rings. The van der Waals surface area contributed by atoms with Crippen LogP contribution in [0, 0.1) is 16.2 Å². The Kier molecular flexibility index (Phi) is 14.1. The molecule has 39 heavy (non-hydrogen) atoms. The molecule has 3 heterocycles. The molecule has 0 radical (unpaired) electrons. The predicted octanol–water partition coefficient (Wildman–Crippen LogP) is 4.58. The number of ketones is 2. The minimum Gasteiger partial charge on any atom is -0.298 e. The van der Waals surface area contributed by atoms with Gasteiger partial charge in [0.15, 0.2) is 29.9 Å². The van der Waals surface area contributed by atoms with E-state index in [1.165, 1.54) is 18.6 Å². The molecule has 0 N–H and O–H groups in total. The van der Waals surface area contributed by atoms with Gasteiger partial charge in [0.05, 0.1) is 0 Å². The summed E-state index contributed by atoms with van der Waals surface area (Å²) in [5.41, 5.74) is 0.551. The van der Waals surface area contributed by atoms with Gasteiger partial charge in [0.1, 0.15) is 18.9 Å². The maximum absolute atomic E-state index is 10.9. The third-order valence-electron chi connectivity index (χ3n) is 4.40. The number of azo groups is 1. The van der Waals surface area contributed by atoms with E-state index in [1.807, 2.05) is 0 Å². The fraction of sp³-hybridized carbons (Fsp3) is 0.808. The van der Waals surface area contributed by atoms with Gasteiger partial charge in [0, 0.05) is 19.3 Å². The van der Waals surface area contributed by atoms with Crippen LogP contribution in [0.1, 0.15) is 102 Å². The first-order valence-electron chi connectivity index (χ1n) is 12.7. The zero-order valence-electron chi connectivity index (χ0n) is 25.0.